The summed E-state index contributed by atoms with van der Waals surface area (Å²) < 4.78 is 7.90. The molecule has 1 saturated carbocycles. The Morgan fingerprint density at radius 1 is 0.921 bits per heavy atom. The number of methoxy groups -OCH3 is 1. The molecule has 0 saturated heterocycles. The van der Waals surface area contributed by atoms with E-state index in [0.29, 0.717) is 6.10 Å². The van der Waals surface area contributed by atoms with E-state index in [4.69, 9.17) is 14.7 Å². The zero-order chi connectivity index (χ0) is 25.9. The van der Waals surface area contributed by atoms with E-state index >= 15 is 0 Å². The molecule has 6 rings (SSSR count). The highest BCUT2D eigenvalue weighted by atomic mass is 16.5. The number of anilines is 2. The van der Waals surface area contributed by atoms with Gasteiger partial charge in [-0.2, -0.15) is 0 Å². The summed E-state index contributed by atoms with van der Waals surface area (Å²) in [6, 6.07) is 27.5. The molecule has 1 fully saturated rings. The first-order valence-electron chi connectivity index (χ1n) is 13.5. The fraction of sp³-hybridized carbons (Fsp3) is 0.281. The summed E-state index contributed by atoms with van der Waals surface area (Å²) in [5, 5.41) is 4.62. The van der Waals surface area contributed by atoms with E-state index in [0.717, 1.165) is 82.6 Å². The van der Waals surface area contributed by atoms with Crippen LogP contribution in [-0.4, -0.2) is 33.8 Å². The normalized spacial score (nSPS) is 18.2. The number of fused-ring (bicyclic) bond motifs is 2. The Morgan fingerprint density at radius 3 is 2.50 bits per heavy atom. The number of nitrogens with zero attached hydrogens (tertiary/aromatic N) is 4. The first-order chi connectivity index (χ1) is 18.7. The molecule has 3 aliphatic rings. The quantitative estimate of drug-likeness (QED) is 0.262. The monoisotopic (exact) mass is 503 g/mol. The number of pyridine rings is 1. The summed E-state index contributed by atoms with van der Waals surface area (Å²) in [6.07, 6.45) is 7.17. The number of rotatable bonds is 6. The van der Waals surface area contributed by atoms with Gasteiger partial charge in [0.25, 0.3) is 0 Å². The van der Waals surface area contributed by atoms with Gasteiger partial charge in [0, 0.05) is 19.0 Å². The van der Waals surface area contributed by atoms with E-state index in [-0.39, 0.29) is 6.04 Å². The maximum atomic E-state index is 5.61. The molecule has 2 aliphatic carbocycles. The molecule has 1 aliphatic heterocycles. The molecule has 1 aromatic heterocycles. The smallest absolute Gasteiger partial charge is 0.0900 e. The van der Waals surface area contributed by atoms with Gasteiger partial charge >= 0.3 is 0 Å². The Balaban J connectivity index is 1.58. The second kappa shape index (κ2) is 10.8. The molecule has 2 heterocycles. The molecular formula is C32H33N5O. The van der Waals surface area contributed by atoms with Crippen LogP contribution in [0.25, 0.3) is 28.1 Å². The van der Waals surface area contributed by atoms with Crippen LogP contribution in [0.2, 0.25) is 0 Å². The van der Waals surface area contributed by atoms with Gasteiger partial charge in [0.2, 0.25) is 0 Å². The van der Waals surface area contributed by atoms with Crippen molar-refractivity contribution in [1.29, 1.82) is 0 Å². The standard InChI is InChI=1S/C32H33N5O/c1-3-25-26(13-9-19-33-25)35-28-20-30-32(21-29(28)34-22-15-17-24(38-2)18-16-22)37(23-10-5-4-6-11-23)31-14-8-7-12-27(31)36-30/h4-14,19-22,24,35H,3,15-18H2,1-2H3. The van der Waals surface area contributed by atoms with Gasteiger partial charge in [0.05, 0.1) is 57.0 Å². The lowest BCUT2D eigenvalue weighted by Crippen LogP contribution is -2.25. The van der Waals surface area contributed by atoms with Crippen molar-refractivity contribution in [3.8, 4) is 17.1 Å². The Labute approximate surface area is 223 Å². The molecule has 0 amide bonds. The molecule has 1 N–H and O–H groups in total. The molecule has 6 heteroatoms. The van der Waals surface area contributed by atoms with Crippen LogP contribution in [0, 0.1) is 0 Å². The molecule has 3 aromatic rings. The molecule has 6 nitrogen and oxygen atoms in total. The van der Waals surface area contributed by atoms with Crippen molar-refractivity contribution in [3.05, 3.63) is 96.1 Å². The number of hydrogen-bond donors (Lipinski definition) is 1. The first kappa shape index (κ1) is 24.3. The van der Waals surface area contributed by atoms with Gasteiger partial charge in [-0.1, -0.05) is 37.3 Å². The molecule has 0 bridgehead atoms. The zero-order valence-electron chi connectivity index (χ0n) is 22.0. The van der Waals surface area contributed by atoms with Crippen LogP contribution in [0.15, 0.2) is 90.1 Å². The summed E-state index contributed by atoms with van der Waals surface area (Å²) in [5.74, 6) is 0. The number of ether oxygens (including phenoxy) is 1. The van der Waals surface area contributed by atoms with Crippen LogP contribution >= 0.6 is 0 Å². The van der Waals surface area contributed by atoms with Crippen LogP contribution < -0.4 is 10.7 Å². The minimum absolute atomic E-state index is 0.262. The van der Waals surface area contributed by atoms with Gasteiger partial charge in [0.15, 0.2) is 0 Å². The number of para-hydroxylation sites is 3. The SMILES string of the molecule is CCc1ncccc1Nc1cc2nc3ccccc3n(-c3ccccc3)c-2cc1=NC1CCC(OC)CC1. The lowest BCUT2D eigenvalue weighted by Gasteiger charge is -2.25. The van der Waals surface area contributed by atoms with Crippen molar-refractivity contribution < 1.29 is 4.74 Å². The van der Waals surface area contributed by atoms with Gasteiger partial charge in [-0.25, -0.2) is 4.98 Å². The molecular weight excluding hydrogens is 470 g/mol. The van der Waals surface area contributed by atoms with Crippen LogP contribution in [0.4, 0.5) is 11.4 Å². The summed E-state index contributed by atoms with van der Waals surface area (Å²) >= 11 is 0. The van der Waals surface area contributed by atoms with Gasteiger partial charge in [0.1, 0.15) is 0 Å². The van der Waals surface area contributed by atoms with Crippen LogP contribution in [0.5, 0.6) is 0 Å². The van der Waals surface area contributed by atoms with Crippen LogP contribution in [0.1, 0.15) is 38.3 Å². The van der Waals surface area contributed by atoms with Gasteiger partial charge in [-0.15, -0.1) is 0 Å². The van der Waals surface area contributed by atoms with Crippen LogP contribution in [0.3, 0.4) is 0 Å². The van der Waals surface area contributed by atoms with E-state index in [2.05, 4.69) is 82.5 Å². The van der Waals surface area contributed by atoms with Crippen molar-refractivity contribution in [2.75, 3.05) is 12.4 Å². The third-order valence-corrected chi connectivity index (χ3v) is 7.50. The molecule has 0 unspecified atom stereocenters. The van der Waals surface area contributed by atoms with Crippen molar-refractivity contribution in [2.24, 2.45) is 4.99 Å². The number of aryl methyl sites for hydroxylation is 1. The van der Waals surface area contributed by atoms with E-state index < -0.39 is 0 Å². The highest BCUT2D eigenvalue weighted by molar-refractivity contribution is 5.84. The minimum Gasteiger partial charge on any atom is -0.381 e. The minimum atomic E-state index is 0.262. The topological polar surface area (TPSA) is 64.3 Å². The summed E-state index contributed by atoms with van der Waals surface area (Å²) in [7, 11) is 1.81. The average molecular weight is 504 g/mol. The lowest BCUT2D eigenvalue weighted by atomic mass is 9.93. The molecule has 192 valence electrons. The summed E-state index contributed by atoms with van der Waals surface area (Å²) in [5.41, 5.74) is 8.06. The third kappa shape index (κ3) is 4.79. The molecule has 2 aromatic carbocycles. The fourth-order valence-corrected chi connectivity index (χ4v) is 5.49. The number of nitrogens with one attached hydrogen (secondary N) is 1. The third-order valence-electron chi connectivity index (χ3n) is 7.50. The van der Waals surface area contributed by atoms with Crippen molar-refractivity contribution in [2.45, 2.75) is 51.2 Å². The zero-order valence-corrected chi connectivity index (χ0v) is 22.0. The van der Waals surface area contributed by atoms with Gasteiger partial charge in [-0.05, 0) is 80.6 Å². The molecule has 38 heavy (non-hydrogen) atoms. The van der Waals surface area contributed by atoms with E-state index in [1.165, 1.54) is 0 Å². The van der Waals surface area contributed by atoms with E-state index in [1.807, 2.05) is 31.5 Å². The largest absolute Gasteiger partial charge is 0.381 e. The Morgan fingerprint density at radius 2 is 1.71 bits per heavy atom. The maximum absolute atomic E-state index is 5.61. The number of aromatic nitrogens is 3. The Hall–Kier alpha value is -4.03. The predicted octanol–water partition coefficient (Wildman–Crippen LogP) is 6.69. The summed E-state index contributed by atoms with van der Waals surface area (Å²) in [6.45, 7) is 2.13. The van der Waals surface area contributed by atoms with Gasteiger partial charge in [-0.3, -0.25) is 9.98 Å². The van der Waals surface area contributed by atoms with Gasteiger partial charge < -0.3 is 14.6 Å². The van der Waals surface area contributed by atoms with Crippen molar-refractivity contribution in [3.63, 3.8) is 0 Å². The fourth-order valence-electron chi connectivity index (χ4n) is 5.49. The molecule has 0 atom stereocenters. The average Bonchev–Trinajstić information content (AvgIpc) is 2.97. The molecule has 0 spiro atoms. The Bertz CT molecular complexity index is 1590. The maximum Gasteiger partial charge on any atom is 0.0900 e. The second-order valence-electron chi connectivity index (χ2n) is 9.90. The predicted molar refractivity (Wildman–Crippen MR) is 153 cm³/mol. The van der Waals surface area contributed by atoms with E-state index in [1.54, 1.807) is 0 Å². The van der Waals surface area contributed by atoms with Crippen molar-refractivity contribution in [1.82, 2.24) is 14.5 Å². The highest BCUT2D eigenvalue weighted by Gasteiger charge is 2.22. The second-order valence-corrected chi connectivity index (χ2v) is 9.90. The molecule has 0 radical (unpaired) electrons. The Kier molecular flexibility index (Phi) is 6.88. The van der Waals surface area contributed by atoms with Crippen LogP contribution in [-0.2, 0) is 11.2 Å². The number of benzene rings is 3. The highest BCUT2D eigenvalue weighted by Crippen LogP contribution is 2.31. The lowest BCUT2D eigenvalue weighted by molar-refractivity contribution is 0.0663. The number of hydrogen-bond acceptors (Lipinski definition) is 5. The van der Waals surface area contributed by atoms with Crippen molar-refractivity contribution >= 4 is 22.4 Å². The van der Waals surface area contributed by atoms with E-state index in [9.17, 15) is 0 Å². The first-order valence-corrected chi connectivity index (χ1v) is 13.5. The summed E-state index contributed by atoms with van der Waals surface area (Å²) in [4.78, 5) is 15.0.